The topological polar surface area (TPSA) is 78.5 Å². The van der Waals surface area contributed by atoms with Gasteiger partial charge in [-0.1, -0.05) is 45.4 Å². The third-order valence-corrected chi connectivity index (χ3v) is 6.25. The Bertz CT molecular complexity index is 1040. The van der Waals surface area contributed by atoms with Gasteiger partial charge < -0.3 is 14.8 Å². The van der Waals surface area contributed by atoms with Gasteiger partial charge in [0, 0.05) is 23.1 Å². The van der Waals surface area contributed by atoms with E-state index in [1.54, 1.807) is 7.11 Å². The fraction of sp³-hybridized carbons (Fsp3) is 0.500. The van der Waals surface area contributed by atoms with Crippen LogP contribution < -0.4 is 10.3 Å². The van der Waals surface area contributed by atoms with Gasteiger partial charge in [-0.15, -0.1) is 11.3 Å². The van der Waals surface area contributed by atoms with Crippen molar-refractivity contribution in [2.75, 3.05) is 20.2 Å². The average molecular weight is 444 g/mol. The Morgan fingerprint density at radius 3 is 2.71 bits per heavy atom. The van der Waals surface area contributed by atoms with Crippen LogP contribution in [0.1, 0.15) is 45.9 Å². The van der Waals surface area contributed by atoms with Gasteiger partial charge in [0.2, 0.25) is 0 Å². The first-order valence-corrected chi connectivity index (χ1v) is 11.8. The number of aromatic amines is 1. The Morgan fingerprint density at radius 2 is 2.00 bits per heavy atom. The van der Waals surface area contributed by atoms with E-state index in [4.69, 9.17) is 9.72 Å². The molecule has 3 rings (SSSR count). The number of hydrogen-bond donors (Lipinski definition) is 2. The van der Waals surface area contributed by atoms with Crippen LogP contribution in [0.25, 0.3) is 21.3 Å². The van der Waals surface area contributed by atoms with Gasteiger partial charge in [-0.3, -0.25) is 9.69 Å². The molecule has 0 saturated heterocycles. The molecule has 0 unspecified atom stereocenters. The summed E-state index contributed by atoms with van der Waals surface area (Å²) in [6.45, 7) is 8.41. The summed E-state index contributed by atoms with van der Waals surface area (Å²) in [6.07, 6.45) is 2.38. The molecule has 0 radical (unpaired) electrons. The summed E-state index contributed by atoms with van der Waals surface area (Å²) in [4.78, 5) is 23.7. The number of aliphatic hydroxyl groups excluding tert-OH is 1. The number of ether oxygens (including phenoxy) is 1. The molecule has 0 aliphatic rings. The molecule has 2 aromatic heterocycles. The molecule has 0 bridgehead atoms. The van der Waals surface area contributed by atoms with E-state index in [0.717, 1.165) is 47.5 Å². The molecule has 0 spiro atoms. The second-order valence-electron chi connectivity index (χ2n) is 8.40. The highest BCUT2D eigenvalue weighted by Gasteiger charge is 2.18. The molecule has 3 aromatic rings. The van der Waals surface area contributed by atoms with Crippen molar-refractivity contribution < 1.29 is 9.84 Å². The predicted octanol–water partition coefficient (Wildman–Crippen LogP) is 4.67. The number of aromatic nitrogens is 2. The van der Waals surface area contributed by atoms with Gasteiger partial charge in [-0.05, 0) is 31.4 Å². The minimum Gasteiger partial charge on any atom is -0.496 e. The summed E-state index contributed by atoms with van der Waals surface area (Å²) in [6, 6.07) is 7.70. The zero-order valence-corrected chi connectivity index (χ0v) is 19.7. The van der Waals surface area contributed by atoms with Gasteiger partial charge >= 0.3 is 0 Å². The average Bonchev–Trinajstić information content (AvgIpc) is 3.16. The lowest BCUT2D eigenvalue weighted by Crippen LogP contribution is -2.34. The molecule has 0 aliphatic heterocycles. The summed E-state index contributed by atoms with van der Waals surface area (Å²) in [5, 5.41) is 12.9. The van der Waals surface area contributed by atoms with E-state index < -0.39 is 0 Å². The van der Waals surface area contributed by atoms with E-state index in [2.05, 4.69) is 30.7 Å². The number of nitrogens with zero attached hydrogens (tertiary/aromatic N) is 2. The molecule has 1 aromatic carbocycles. The summed E-state index contributed by atoms with van der Waals surface area (Å²) < 4.78 is 5.48. The van der Waals surface area contributed by atoms with Crippen LogP contribution in [0, 0.1) is 5.92 Å². The maximum absolute atomic E-state index is 13.0. The highest BCUT2D eigenvalue weighted by molar-refractivity contribution is 7.17. The van der Waals surface area contributed by atoms with Crippen molar-refractivity contribution in [2.24, 2.45) is 5.92 Å². The molecule has 0 aliphatic carbocycles. The minimum absolute atomic E-state index is 0.139. The lowest BCUT2D eigenvalue weighted by atomic mass is 10.1. The van der Waals surface area contributed by atoms with Crippen LogP contribution in [0.4, 0.5) is 0 Å². The number of fused-ring (bicyclic) bond motifs is 1. The fourth-order valence-electron chi connectivity index (χ4n) is 3.74. The van der Waals surface area contributed by atoms with Crippen LogP contribution in [0.3, 0.4) is 0 Å². The van der Waals surface area contributed by atoms with E-state index in [-0.39, 0.29) is 11.7 Å². The van der Waals surface area contributed by atoms with Gasteiger partial charge in [-0.2, -0.15) is 0 Å². The van der Waals surface area contributed by atoms with Crippen LogP contribution in [-0.2, 0) is 6.54 Å². The second kappa shape index (κ2) is 10.9. The van der Waals surface area contributed by atoms with Gasteiger partial charge in [-0.25, -0.2) is 4.98 Å². The Morgan fingerprint density at radius 1 is 1.23 bits per heavy atom. The van der Waals surface area contributed by atoms with E-state index in [1.807, 2.05) is 29.6 Å². The number of H-pyrrole nitrogens is 1. The summed E-state index contributed by atoms with van der Waals surface area (Å²) >= 11 is 1.47. The van der Waals surface area contributed by atoms with Crippen LogP contribution in [0.5, 0.6) is 5.75 Å². The van der Waals surface area contributed by atoms with Crippen molar-refractivity contribution in [2.45, 2.75) is 52.7 Å². The van der Waals surface area contributed by atoms with Crippen molar-refractivity contribution in [3.63, 3.8) is 0 Å². The van der Waals surface area contributed by atoms with Gasteiger partial charge in [0.15, 0.2) is 0 Å². The second-order valence-corrected chi connectivity index (χ2v) is 9.26. The van der Waals surface area contributed by atoms with Crippen LogP contribution in [0.2, 0.25) is 0 Å². The first-order chi connectivity index (χ1) is 14.9. The third-order valence-electron chi connectivity index (χ3n) is 5.38. The molecule has 0 amide bonds. The molecule has 2 N–H and O–H groups in total. The maximum atomic E-state index is 13.0. The van der Waals surface area contributed by atoms with Crippen molar-refractivity contribution in [3.05, 3.63) is 45.8 Å². The molecule has 168 valence electrons. The smallest absolute Gasteiger partial charge is 0.260 e. The van der Waals surface area contributed by atoms with Crippen LogP contribution in [-0.4, -0.2) is 46.3 Å². The van der Waals surface area contributed by atoms with E-state index in [9.17, 15) is 9.90 Å². The first-order valence-electron chi connectivity index (χ1n) is 11.0. The summed E-state index contributed by atoms with van der Waals surface area (Å²) in [7, 11) is 1.63. The number of para-hydroxylation sites is 1. The molecule has 1 atom stereocenters. The minimum atomic E-state index is -0.369. The number of nitrogens with one attached hydrogen (secondary N) is 1. The lowest BCUT2D eigenvalue weighted by molar-refractivity contribution is 0.0968. The normalized spacial score (nSPS) is 12.7. The fourth-order valence-corrected chi connectivity index (χ4v) is 4.70. The van der Waals surface area contributed by atoms with Crippen LogP contribution in [0.15, 0.2) is 34.4 Å². The SMILES string of the molecule is CCC[C@@H](O)CN(CCC(C)C)Cc1nc2scc(-c3ccccc3OC)c2c(=O)[nH]1. The Labute approximate surface area is 187 Å². The summed E-state index contributed by atoms with van der Waals surface area (Å²) in [5.74, 6) is 1.94. The maximum Gasteiger partial charge on any atom is 0.260 e. The standard InChI is InChI=1S/C24H33N3O3S/c1-5-8-17(28)13-27(12-11-16(2)3)14-21-25-23(29)22-19(15-31-24(22)26-21)18-9-6-7-10-20(18)30-4/h6-7,9-10,15-17,28H,5,8,11-14H2,1-4H3,(H,25,26,29)/t17-/m1/s1. The molecular formula is C24H33N3O3S. The monoisotopic (exact) mass is 443 g/mol. The molecule has 0 fully saturated rings. The molecular weight excluding hydrogens is 410 g/mol. The first kappa shape index (κ1) is 23.4. The molecule has 7 heteroatoms. The number of thiophene rings is 1. The quantitative estimate of drug-likeness (QED) is 0.450. The third kappa shape index (κ3) is 5.93. The largest absolute Gasteiger partial charge is 0.496 e. The number of methoxy groups -OCH3 is 1. The van der Waals surface area contributed by atoms with Gasteiger partial charge in [0.1, 0.15) is 16.4 Å². The highest BCUT2D eigenvalue weighted by Crippen LogP contribution is 2.36. The Hall–Kier alpha value is -2.22. The number of benzene rings is 1. The van der Waals surface area contributed by atoms with Gasteiger partial charge in [0.05, 0.1) is 25.1 Å². The van der Waals surface area contributed by atoms with Crippen molar-refractivity contribution in [1.82, 2.24) is 14.9 Å². The lowest BCUT2D eigenvalue weighted by Gasteiger charge is -2.25. The highest BCUT2D eigenvalue weighted by atomic mass is 32.1. The summed E-state index contributed by atoms with van der Waals surface area (Å²) in [5.41, 5.74) is 1.59. The van der Waals surface area contributed by atoms with Crippen molar-refractivity contribution in [1.29, 1.82) is 0 Å². The molecule has 31 heavy (non-hydrogen) atoms. The Kier molecular flexibility index (Phi) is 8.23. The Balaban J connectivity index is 1.89. The number of hydrogen-bond acceptors (Lipinski definition) is 6. The van der Waals surface area contributed by atoms with E-state index in [1.165, 1.54) is 11.3 Å². The molecule has 2 heterocycles. The van der Waals surface area contributed by atoms with Crippen molar-refractivity contribution in [3.8, 4) is 16.9 Å². The van der Waals surface area contributed by atoms with Gasteiger partial charge in [0.25, 0.3) is 5.56 Å². The van der Waals surface area contributed by atoms with E-state index >= 15 is 0 Å². The van der Waals surface area contributed by atoms with E-state index in [0.29, 0.717) is 30.2 Å². The zero-order chi connectivity index (χ0) is 22.4. The zero-order valence-electron chi connectivity index (χ0n) is 18.9. The number of rotatable bonds is 11. The van der Waals surface area contributed by atoms with Crippen molar-refractivity contribution >= 4 is 21.6 Å². The predicted molar refractivity (Wildman–Crippen MR) is 128 cm³/mol. The molecule has 0 saturated carbocycles. The number of aliphatic hydroxyl groups is 1. The molecule has 6 nitrogen and oxygen atoms in total. The van der Waals surface area contributed by atoms with Crippen LogP contribution >= 0.6 is 11.3 Å².